The average Bonchev–Trinajstić information content (AvgIpc) is 3.76. The van der Waals surface area contributed by atoms with Crippen LogP contribution < -0.4 is 10.1 Å². The SMILES string of the molecule is CCOc1c(C2CC2)ccc([C@@H](C)N(CCO[C@@H](C)c2ccccc2)C(=O)NC2(C(=O)O)CC(OCC)C2)c1O. The van der Waals surface area contributed by atoms with Crippen LogP contribution in [0.4, 0.5) is 4.79 Å². The number of phenols is 1. The molecule has 0 aromatic heterocycles. The molecule has 0 saturated heterocycles. The topological polar surface area (TPSA) is 118 Å². The fraction of sp³-hybridized carbons (Fsp3) is 0.548. The molecular weight excluding hydrogens is 512 g/mol. The number of aliphatic carboxylic acids is 1. The Bertz CT molecular complexity index is 1160. The van der Waals surface area contributed by atoms with Crippen molar-refractivity contribution in [3.63, 3.8) is 0 Å². The quantitative estimate of drug-likeness (QED) is 0.281. The first-order valence-electron chi connectivity index (χ1n) is 14.3. The molecule has 0 unspecified atom stereocenters. The first-order chi connectivity index (χ1) is 19.2. The highest BCUT2D eigenvalue weighted by Gasteiger charge is 2.53. The summed E-state index contributed by atoms with van der Waals surface area (Å²) in [5.41, 5.74) is 1.13. The first-order valence-corrected chi connectivity index (χ1v) is 14.3. The van der Waals surface area contributed by atoms with Crippen LogP contribution in [0.25, 0.3) is 0 Å². The summed E-state index contributed by atoms with van der Waals surface area (Å²) >= 11 is 0. The number of phenolic OH excluding ortho intramolecular Hbond substituents is 1. The average molecular weight is 555 g/mol. The third-order valence-electron chi connectivity index (χ3n) is 7.96. The smallest absolute Gasteiger partial charge is 0.329 e. The molecule has 9 heteroatoms. The third-order valence-corrected chi connectivity index (χ3v) is 7.96. The third kappa shape index (κ3) is 6.53. The maximum atomic E-state index is 13.7. The van der Waals surface area contributed by atoms with Crippen molar-refractivity contribution in [2.24, 2.45) is 0 Å². The Labute approximate surface area is 236 Å². The predicted molar refractivity (Wildman–Crippen MR) is 151 cm³/mol. The van der Waals surface area contributed by atoms with Gasteiger partial charge in [0.25, 0.3) is 0 Å². The number of urea groups is 1. The van der Waals surface area contributed by atoms with Crippen molar-refractivity contribution in [3.8, 4) is 11.5 Å². The molecule has 0 bridgehead atoms. The number of amides is 2. The van der Waals surface area contributed by atoms with Crippen LogP contribution in [0.15, 0.2) is 42.5 Å². The van der Waals surface area contributed by atoms with Crippen LogP contribution in [0.2, 0.25) is 0 Å². The first kappa shape index (κ1) is 29.7. The Balaban J connectivity index is 1.56. The Morgan fingerprint density at radius 2 is 1.77 bits per heavy atom. The second-order valence-corrected chi connectivity index (χ2v) is 10.7. The monoisotopic (exact) mass is 554 g/mol. The van der Waals surface area contributed by atoms with E-state index in [9.17, 15) is 19.8 Å². The minimum absolute atomic E-state index is 0.0168. The number of hydrogen-bond acceptors (Lipinski definition) is 6. The largest absolute Gasteiger partial charge is 0.504 e. The summed E-state index contributed by atoms with van der Waals surface area (Å²) < 4.78 is 17.5. The molecule has 2 fully saturated rings. The molecule has 2 saturated carbocycles. The van der Waals surface area contributed by atoms with Crippen LogP contribution in [-0.4, -0.2) is 65.1 Å². The molecule has 9 nitrogen and oxygen atoms in total. The maximum absolute atomic E-state index is 13.7. The summed E-state index contributed by atoms with van der Waals surface area (Å²) in [7, 11) is 0. The zero-order valence-corrected chi connectivity index (χ0v) is 23.9. The highest BCUT2D eigenvalue weighted by atomic mass is 16.5. The van der Waals surface area contributed by atoms with E-state index in [1.807, 2.05) is 70.2 Å². The highest BCUT2D eigenvalue weighted by Crippen LogP contribution is 2.49. The number of carboxylic acids is 1. The molecule has 40 heavy (non-hydrogen) atoms. The van der Waals surface area contributed by atoms with E-state index in [0.29, 0.717) is 30.4 Å². The molecule has 2 aliphatic rings. The van der Waals surface area contributed by atoms with Gasteiger partial charge < -0.3 is 34.6 Å². The van der Waals surface area contributed by atoms with Crippen LogP contribution >= 0.6 is 0 Å². The fourth-order valence-corrected chi connectivity index (χ4v) is 5.42. The molecule has 2 aromatic carbocycles. The number of nitrogens with zero attached hydrogens (tertiary/aromatic N) is 1. The number of rotatable bonds is 14. The minimum atomic E-state index is -1.40. The van der Waals surface area contributed by atoms with Crippen molar-refractivity contribution in [3.05, 3.63) is 59.2 Å². The van der Waals surface area contributed by atoms with Gasteiger partial charge in [-0.3, -0.25) is 0 Å². The van der Waals surface area contributed by atoms with E-state index in [2.05, 4.69) is 5.32 Å². The van der Waals surface area contributed by atoms with Crippen molar-refractivity contribution in [1.29, 1.82) is 0 Å². The van der Waals surface area contributed by atoms with E-state index in [1.165, 1.54) is 4.90 Å². The molecule has 2 atom stereocenters. The highest BCUT2D eigenvalue weighted by molar-refractivity contribution is 5.87. The molecule has 2 amide bonds. The standard InChI is InChI=1S/C31H42N2O7/c1-5-38-24-18-31(19-24,29(35)36)32-30(37)33(16-17-40-21(4)22-10-8-7-9-11-22)20(3)25-14-15-26(23-12-13-23)28(27(25)34)39-6-2/h7-11,14-15,20-21,23-24,34H,5-6,12-13,16-19H2,1-4H3,(H,32,37)(H,35,36)/t20-,21+,24?,31?/m1/s1. The molecule has 3 N–H and O–H groups in total. The number of ether oxygens (including phenoxy) is 3. The van der Waals surface area contributed by atoms with Gasteiger partial charge in [-0.05, 0) is 52.0 Å². The fourth-order valence-electron chi connectivity index (χ4n) is 5.42. The zero-order chi connectivity index (χ0) is 28.9. The summed E-state index contributed by atoms with van der Waals surface area (Å²) in [6, 6.07) is 12.5. The van der Waals surface area contributed by atoms with Crippen LogP contribution in [-0.2, 0) is 14.3 Å². The molecular formula is C31H42N2O7. The lowest BCUT2D eigenvalue weighted by Gasteiger charge is -2.45. The normalized spacial score (nSPS) is 21.6. The van der Waals surface area contributed by atoms with Crippen molar-refractivity contribution in [2.45, 2.75) is 83.1 Å². The van der Waals surface area contributed by atoms with E-state index < -0.39 is 23.6 Å². The van der Waals surface area contributed by atoms with Gasteiger partial charge in [0, 0.05) is 37.1 Å². The lowest BCUT2D eigenvalue weighted by atomic mass is 9.74. The molecule has 4 rings (SSSR count). The van der Waals surface area contributed by atoms with Gasteiger partial charge in [0.2, 0.25) is 0 Å². The van der Waals surface area contributed by atoms with Crippen LogP contribution in [0.3, 0.4) is 0 Å². The Hall–Kier alpha value is -3.30. The minimum Gasteiger partial charge on any atom is -0.504 e. The molecule has 0 heterocycles. The Kier molecular flexibility index (Phi) is 9.58. The number of carbonyl (C=O) groups excluding carboxylic acids is 1. The summed E-state index contributed by atoms with van der Waals surface area (Å²) in [4.78, 5) is 27.5. The number of carboxylic acid groups (broad SMARTS) is 1. The zero-order valence-electron chi connectivity index (χ0n) is 23.9. The number of nitrogens with one attached hydrogen (secondary N) is 1. The van der Waals surface area contributed by atoms with Gasteiger partial charge in [0.15, 0.2) is 11.5 Å². The molecule has 2 aromatic rings. The van der Waals surface area contributed by atoms with Gasteiger partial charge in [0.1, 0.15) is 5.54 Å². The molecule has 0 spiro atoms. The molecule has 2 aliphatic carbocycles. The van der Waals surface area contributed by atoms with Crippen LogP contribution in [0, 0.1) is 0 Å². The molecule has 218 valence electrons. The van der Waals surface area contributed by atoms with Crippen LogP contribution in [0.5, 0.6) is 11.5 Å². The van der Waals surface area contributed by atoms with Crippen molar-refractivity contribution in [1.82, 2.24) is 10.2 Å². The van der Waals surface area contributed by atoms with Gasteiger partial charge in [-0.2, -0.15) is 0 Å². The second kappa shape index (κ2) is 12.9. The second-order valence-electron chi connectivity index (χ2n) is 10.7. The lowest BCUT2D eigenvalue weighted by molar-refractivity contribution is -0.156. The van der Waals surface area contributed by atoms with Gasteiger partial charge in [-0.25, -0.2) is 9.59 Å². The van der Waals surface area contributed by atoms with E-state index in [0.717, 1.165) is 24.0 Å². The Morgan fingerprint density at radius 1 is 1.07 bits per heavy atom. The van der Waals surface area contributed by atoms with Gasteiger partial charge in [-0.1, -0.05) is 42.5 Å². The van der Waals surface area contributed by atoms with E-state index in [-0.39, 0.29) is 44.0 Å². The summed E-state index contributed by atoms with van der Waals surface area (Å²) in [6.45, 7) is 8.78. The number of carbonyl (C=O) groups is 2. The lowest BCUT2D eigenvalue weighted by Crippen LogP contribution is -2.66. The molecule has 0 radical (unpaired) electrons. The van der Waals surface area contributed by atoms with E-state index in [4.69, 9.17) is 14.2 Å². The molecule has 0 aliphatic heterocycles. The number of hydrogen-bond donors (Lipinski definition) is 3. The van der Waals surface area contributed by atoms with Crippen LogP contribution in [0.1, 0.15) is 88.1 Å². The predicted octanol–water partition coefficient (Wildman–Crippen LogP) is 5.54. The van der Waals surface area contributed by atoms with Crippen molar-refractivity contribution >= 4 is 12.0 Å². The van der Waals surface area contributed by atoms with E-state index >= 15 is 0 Å². The van der Waals surface area contributed by atoms with Crippen molar-refractivity contribution < 1.29 is 34.0 Å². The van der Waals surface area contributed by atoms with Crippen molar-refractivity contribution in [2.75, 3.05) is 26.4 Å². The number of aromatic hydroxyl groups is 1. The van der Waals surface area contributed by atoms with E-state index in [1.54, 1.807) is 0 Å². The van der Waals surface area contributed by atoms with Gasteiger partial charge in [-0.15, -0.1) is 0 Å². The van der Waals surface area contributed by atoms with Gasteiger partial charge in [0.05, 0.1) is 31.5 Å². The summed E-state index contributed by atoms with van der Waals surface area (Å²) in [5, 5.41) is 24.1. The van der Waals surface area contributed by atoms with Gasteiger partial charge >= 0.3 is 12.0 Å². The Morgan fingerprint density at radius 3 is 2.38 bits per heavy atom. The maximum Gasteiger partial charge on any atom is 0.329 e. The number of benzene rings is 2. The summed E-state index contributed by atoms with van der Waals surface area (Å²) in [6.07, 6.45) is 2.10. The summed E-state index contributed by atoms with van der Waals surface area (Å²) in [5.74, 6) is -0.239.